The maximum absolute atomic E-state index is 10.3. The van der Waals surface area contributed by atoms with E-state index < -0.39 is 5.60 Å². The third-order valence-corrected chi connectivity index (χ3v) is 4.19. The van der Waals surface area contributed by atoms with Crippen LogP contribution in [0.5, 0.6) is 0 Å². The molecule has 1 fully saturated rings. The topological polar surface area (TPSA) is 32.3 Å². The largest absolute Gasteiger partial charge is 0.388 e. The number of nitrogens with one attached hydrogen (secondary N) is 1. The molecule has 1 aromatic rings. The minimum atomic E-state index is -0.503. The molecule has 3 heteroatoms. The fourth-order valence-corrected chi connectivity index (χ4v) is 3.42. The molecule has 2 nitrogen and oxygen atoms in total. The Labute approximate surface area is 112 Å². The van der Waals surface area contributed by atoms with Crippen molar-refractivity contribution in [3.05, 3.63) is 27.7 Å². The molecule has 0 aliphatic heterocycles. The van der Waals surface area contributed by atoms with Crippen LogP contribution in [-0.2, 0) is 0 Å². The van der Waals surface area contributed by atoms with E-state index >= 15 is 0 Å². The summed E-state index contributed by atoms with van der Waals surface area (Å²) in [6.45, 7) is 4.83. The monoisotopic (exact) mass is 297 g/mol. The van der Waals surface area contributed by atoms with Gasteiger partial charge in [-0.3, -0.25) is 0 Å². The van der Waals surface area contributed by atoms with Crippen molar-refractivity contribution in [1.29, 1.82) is 0 Å². The molecule has 0 radical (unpaired) electrons. The maximum Gasteiger partial charge on any atom is 0.0819 e. The van der Waals surface area contributed by atoms with Gasteiger partial charge < -0.3 is 10.4 Å². The molecule has 0 saturated heterocycles. The number of rotatable bonds is 3. The Balaban J connectivity index is 2.08. The van der Waals surface area contributed by atoms with E-state index in [0.29, 0.717) is 6.54 Å². The summed E-state index contributed by atoms with van der Waals surface area (Å²) in [6.07, 6.45) is 4.13. The summed E-state index contributed by atoms with van der Waals surface area (Å²) < 4.78 is 1.08. The predicted molar refractivity (Wildman–Crippen MR) is 75.5 cm³/mol. The van der Waals surface area contributed by atoms with Crippen LogP contribution < -0.4 is 5.32 Å². The highest BCUT2D eigenvalue weighted by molar-refractivity contribution is 9.10. The Bertz CT molecular complexity index is 388. The fourth-order valence-electron chi connectivity index (χ4n) is 2.60. The number of hydrogen-bond donors (Lipinski definition) is 2. The summed E-state index contributed by atoms with van der Waals surface area (Å²) in [5.41, 5.74) is 3.07. The average molecular weight is 298 g/mol. The smallest absolute Gasteiger partial charge is 0.0819 e. The zero-order valence-electron chi connectivity index (χ0n) is 10.5. The van der Waals surface area contributed by atoms with E-state index in [1.807, 2.05) is 0 Å². The fraction of sp³-hybridized carbons (Fsp3) is 0.571. The molecule has 0 atom stereocenters. The van der Waals surface area contributed by atoms with Gasteiger partial charge in [0.25, 0.3) is 0 Å². The first-order valence-corrected chi connectivity index (χ1v) is 7.02. The molecule has 2 N–H and O–H groups in total. The molecule has 0 unspecified atom stereocenters. The van der Waals surface area contributed by atoms with Gasteiger partial charge in [0.15, 0.2) is 0 Å². The van der Waals surface area contributed by atoms with Crippen molar-refractivity contribution in [3.63, 3.8) is 0 Å². The Morgan fingerprint density at radius 3 is 2.53 bits per heavy atom. The van der Waals surface area contributed by atoms with Gasteiger partial charge in [-0.1, -0.05) is 18.9 Å². The van der Waals surface area contributed by atoms with Crippen LogP contribution >= 0.6 is 15.9 Å². The van der Waals surface area contributed by atoms with Crippen molar-refractivity contribution in [1.82, 2.24) is 0 Å². The van der Waals surface area contributed by atoms with E-state index in [0.717, 1.165) is 35.8 Å². The Morgan fingerprint density at radius 1 is 1.29 bits per heavy atom. The van der Waals surface area contributed by atoms with E-state index in [9.17, 15) is 5.11 Å². The molecule has 1 aliphatic carbocycles. The van der Waals surface area contributed by atoms with Crippen molar-refractivity contribution in [2.75, 3.05) is 11.9 Å². The second-order valence-electron chi connectivity index (χ2n) is 5.22. The Morgan fingerprint density at radius 2 is 1.94 bits per heavy atom. The summed E-state index contributed by atoms with van der Waals surface area (Å²) in [5.74, 6) is 0. The van der Waals surface area contributed by atoms with Crippen molar-refractivity contribution in [2.45, 2.75) is 45.1 Å². The molecule has 0 aromatic heterocycles. The molecule has 94 valence electrons. The molecule has 17 heavy (non-hydrogen) atoms. The quantitative estimate of drug-likeness (QED) is 0.890. The van der Waals surface area contributed by atoms with Gasteiger partial charge in [-0.05, 0) is 59.8 Å². The minimum absolute atomic E-state index is 0.503. The van der Waals surface area contributed by atoms with Gasteiger partial charge in [-0.2, -0.15) is 0 Å². The highest BCUT2D eigenvalue weighted by Crippen LogP contribution is 2.32. The van der Waals surface area contributed by atoms with Gasteiger partial charge in [-0.25, -0.2) is 0 Å². The highest BCUT2D eigenvalue weighted by Gasteiger charge is 2.30. The number of hydrogen-bond acceptors (Lipinski definition) is 2. The minimum Gasteiger partial charge on any atom is -0.388 e. The van der Waals surface area contributed by atoms with E-state index in [4.69, 9.17) is 0 Å². The van der Waals surface area contributed by atoms with Crippen LogP contribution in [0.3, 0.4) is 0 Å². The molecular formula is C14H20BrNO. The van der Waals surface area contributed by atoms with E-state index in [2.05, 4.69) is 47.2 Å². The molecule has 0 bridgehead atoms. The third-order valence-electron chi connectivity index (χ3n) is 3.56. The lowest BCUT2D eigenvalue weighted by Crippen LogP contribution is -2.33. The molecule has 1 aliphatic rings. The van der Waals surface area contributed by atoms with Gasteiger partial charge in [0.1, 0.15) is 0 Å². The summed E-state index contributed by atoms with van der Waals surface area (Å²) in [7, 11) is 0. The van der Waals surface area contributed by atoms with E-state index in [1.54, 1.807) is 0 Å². The number of aryl methyl sites for hydroxylation is 2. The van der Waals surface area contributed by atoms with Gasteiger partial charge >= 0.3 is 0 Å². The van der Waals surface area contributed by atoms with Crippen molar-refractivity contribution < 1.29 is 5.11 Å². The predicted octanol–water partition coefficient (Wildman–Crippen LogP) is 3.78. The van der Waals surface area contributed by atoms with Gasteiger partial charge in [0.2, 0.25) is 0 Å². The van der Waals surface area contributed by atoms with Crippen LogP contribution in [0.1, 0.15) is 36.8 Å². The molecule has 0 amide bonds. The summed E-state index contributed by atoms with van der Waals surface area (Å²) in [5, 5.41) is 13.7. The van der Waals surface area contributed by atoms with Crippen LogP contribution in [0.4, 0.5) is 5.69 Å². The lowest BCUT2D eigenvalue weighted by molar-refractivity contribution is 0.0614. The van der Waals surface area contributed by atoms with E-state index in [-0.39, 0.29) is 0 Å². The zero-order valence-corrected chi connectivity index (χ0v) is 12.1. The normalized spacial score (nSPS) is 18.4. The zero-order chi connectivity index (χ0) is 12.5. The lowest BCUT2D eigenvalue weighted by atomic mass is 10.0. The SMILES string of the molecule is Cc1cc(C)c(NCC2(O)CCCC2)c(Br)c1. The lowest BCUT2D eigenvalue weighted by Gasteiger charge is -2.24. The first kappa shape index (κ1) is 12.9. The third kappa shape index (κ3) is 3.02. The summed E-state index contributed by atoms with van der Waals surface area (Å²) >= 11 is 3.58. The second kappa shape index (κ2) is 4.99. The molecule has 0 spiro atoms. The van der Waals surface area contributed by atoms with Crippen LogP contribution in [0.15, 0.2) is 16.6 Å². The molecule has 1 aromatic carbocycles. The van der Waals surface area contributed by atoms with Gasteiger partial charge in [-0.15, -0.1) is 0 Å². The van der Waals surface area contributed by atoms with Crippen molar-refractivity contribution in [3.8, 4) is 0 Å². The molecule has 1 saturated carbocycles. The molecule has 0 heterocycles. The van der Waals surface area contributed by atoms with Crippen molar-refractivity contribution in [2.24, 2.45) is 0 Å². The van der Waals surface area contributed by atoms with Gasteiger partial charge in [0.05, 0.1) is 11.3 Å². The van der Waals surface area contributed by atoms with Crippen LogP contribution in [0, 0.1) is 13.8 Å². The number of anilines is 1. The number of halogens is 1. The van der Waals surface area contributed by atoms with Crippen molar-refractivity contribution >= 4 is 21.6 Å². The number of aliphatic hydroxyl groups is 1. The van der Waals surface area contributed by atoms with Gasteiger partial charge in [0, 0.05) is 11.0 Å². The Kier molecular flexibility index (Phi) is 3.79. The maximum atomic E-state index is 10.3. The summed E-state index contributed by atoms with van der Waals surface area (Å²) in [6, 6.07) is 4.26. The summed E-state index contributed by atoms with van der Waals surface area (Å²) in [4.78, 5) is 0. The molecular weight excluding hydrogens is 278 g/mol. The first-order valence-electron chi connectivity index (χ1n) is 6.23. The van der Waals surface area contributed by atoms with Crippen LogP contribution in [-0.4, -0.2) is 17.3 Å². The first-order chi connectivity index (χ1) is 8.00. The van der Waals surface area contributed by atoms with Crippen LogP contribution in [0.2, 0.25) is 0 Å². The second-order valence-corrected chi connectivity index (χ2v) is 6.08. The Hall–Kier alpha value is -0.540. The average Bonchev–Trinajstić information content (AvgIpc) is 2.64. The standard InChI is InChI=1S/C14H20BrNO/c1-10-7-11(2)13(12(15)8-10)16-9-14(17)5-3-4-6-14/h7-8,16-17H,3-6,9H2,1-2H3. The number of benzene rings is 1. The molecule has 2 rings (SSSR count). The van der Waals surface area contributed by atoms with E-state index in [1.165, 1.54) is 11.1 Å². The highest BCUT2D eigenvalue weighted by atomic mass is 79.9. The van der Waals surface area contributed by atoms with Crippen LogP contribution in [0.25, 0.3) is 0 Å².